The van der Waals surface area contributed by atoms with E-state index in [1.807, 2.05) is 10.9 Å². The summed E-state index contributed by atoms with van der Waals surface area (Å²) in [4.78, 5) is 0. The lowest BCUT2D eigenvalue weighted by Crippen LogP contribution is -2.15. The van der Waals surface area contributed by atoms with Crippen LogP contribution in [0, 0.1) is 0 Å². The Labute approximate surface area is 116 Å². The molecule has 2 aromatic rings. The Balaban J connectivity index is 1.91. The van der Waals surface area contributed by atoms with Crippen LogP contribution in [0.4, 0.5) is 0 Å². The Hall–Kier alpha value is -1.13. The van der Waals surface area contributed by atoms with E-state index in [0.29, 0.717) is 0 Å². The van der Waals surface area contributed by atoms with Gasteiger partial charge >= 0.3 is 0 Å². The lowest BCUT2D eigenvalue weighted by atomic mass is 10.2. The third kappa shape index (κ3) is 3.96. The van der Waals surface area contributed by atoms with Gasteiger partial charge in [-0.1, -0.05) is 35.0 Å². The summed E-state index contributed by atoms with van der Waals surface area (Å²) in [5.41, 5.74) is 2.55. The number of likely N-dealkylation sites (N-methyl/N-ethyl adjacent to an activating group) is 1. The summed E-state index contributed by atoms with van der Waals surface area (Å²) in [6, 6.07) is 8.35. The number of aromatic nitrogens is 2. The second-order valence-corrected chi connectivity index (χ2v) is 5.19. The van der Waals surface area contributed by atoms with E-state index in [4.69, 9.17) is 0 Å². The normalized spacial score (nSPS) is 10.8. The molecule has 4 heteroatoms. The van der Waals surface area contributed by atoms with Crippen LogP contribution in [0.1, 0.15) is 18.1 Å². The van der Waals surface area contributed by atoms with Gasteiger partial charge in [-0.15, -0.1) is 0 Å². The summed E-state index contributed by atoms with van der Waals surface area (Å²) in [5, 5.41) is 7.71. The van der Waals surface area contributed by atoms with Crippen molar-refractivity contribution < 1.29 is 0 Å². The Morgan fingerprint density at radius 3 is 2.72 bits per heavy atom. The zero-order valence-electron chi connectivity index (χ0n) is 10.6. The van der Waals surface area contributed by atoms with E-state index in [0.717, 1.165) is 30.5 Å². The van der Waals surface area contributed by atoms with Crippen LogP contribution >= 0.6 is 15.9 Å². The van der Waals surface area contributed by atoms with Crippen LogP contribution in [0.3, 0.4) is 0 Å². The highest BCUT2D eigenvalue weighted by atomic mass is 79.9. The highest BCUT2D eigenvalue weighted by molar-refractivity contribution is 9.10. The monoisotopic (exact) mass is 307 g/mol. The van der Waals surface area contributed by atoms with E-state index in [1.165, 1.54) is 11.1 Å². The molecule has 0 saturated heterocycles. The molecule has 0 aliphatic rings. The minimum Gasteiger partial charge on any atom is -0.317 e. The summed E-state index contributed by atoms with van der Waals surface area (Å²) < 4.78 is 3.10. The average molecular weight is 308 g/mol. The maximum absolute atomic E-state index is 4.39. The molecule has 1 heterocycles. The fraction of sp³-hybridized carbons (Fsp3) is 0.357. The third-order valence-corrected chi connectivity index (χ3v) is 3.31. The second-order valence-electron chi connectivity index (χ2n) is 4.28. The standard InChI is InChI=1S/C14H18BrN3/c1-2-16-8-7-13-9-17-18(11-13)10-12-3-5-14(15)6-4-12/h3-6,9,11,16H,2,7-8,10H2,1H3. The van der Waals surface area contributed by atoms with Crippen molar-refractivity contribution in [2.24, 2.45) is 0 Å². The molecule has 0 aliphatic heterocycles. The number of hydrogen-bond donors (Lipinski definition) is 1. The van der Waals surface area contributed by atoms with E-state index in [1.54, 1.807) is 0 Å². The van der Waals surface area contributed by atoms with Gasteiger partial charge in [0.05, 0.1) is 12.7 Å². The van der Waals surface area contributed by atoms with Crippen LogP contribution < -0.4 is 5.32 Å². The average Bonchev–Trinajstić information content (AvgIpc) is 2.80. The molecule has 18 heavy (non-hydrogen) atoms. The lowest BCUT2D eigenvalue weighted by molar-refractivity contribution is 0.684. The predicted molar refractivity (Wildman–Crippen MR) is 77.7 cm³/mol. The van der Waals surface area contributed by atoms with E-state index in [2.05, 4.69) is 63.7 Å². The molecule has 0 saturated carbocycles. The molecule has 96 valence electrons. The summed E-state index contributed by atoms with van der Waals surface area (Å²) in [5.74, 6) is 0. The fourth-order valence-corrected chi connectivity index (χ4v) is 2.07. The summed E-state index contributed by atoms with van der Waals surface area (Å²) in [7, 11) is 0. The molecule has 1 aromatic carbocycles. The topological polar surface area (TPSA) is 29.9 Å². The highest BCUT2D eigenvalue weighted by Gasteiger charge is 2.00. The van der Waals surface area contributed by atoms with Crippen LogP contribution in [-0.4, -0.2) is 22.9 Å². The molecule has 0 spiro atoms. The van der Waals surface area contributed by atoms with Crippen LogP contribution in [0.15, 0.2) is 41.1 Å². The zero-order valence-corrected chi connectivity index (χ0v) is 12.2. The van der Waals surface area contributed by atoms with Gasteiger partial charge in [-0.05, 0) is 42.8 Å². The predicted octanol–water partition coefficient (Wildman–Crippen LogP) is 2.85. The Kier molecular flexibility index (Phi) is 4.96. The van der Waals surface area contributed by atoms with Gasteiger partial charge in [-0.3, -0.25) is 4.68 Å². The quantitative estimate of drug-likeness (QED) is 0.832. The molecule has 2 rings (SSSR count). The molecule has 0 fully saturated rings. The number of rotatable bonds is 6. The first-order valence-corrected chi connectivity index (χ1v) is 7.03. The molecule has 0 unspecified atom stereocenters. The molecular formula is C14H18BrN3. The highest BCUT2D eigenvalue weighted by Crippen LogP contribution is 2.11. The maximum atomic E-state index is 4.39. The largest absolute Gasteiger partial charge is 0.317 e. The number of halogens is 1. The van der Waals surface area contributed by atoms with Crippen molar-refractivity contribution in [3.05, 3.63) is 52.3 Å². The first-order valence-electron chi connectivity index (χ1n) is 6.24. The van der Waals surface area contributed by atoms with Gasteiger partial charge in [0.2, 0.25) is 0 Å². The minimum atomic E-state index is 0.828. The molecule has 1 N–H and O–H groups in total. The van der Waals surface area contributed by atoms with E-state index >= 15 is 0 Å². The molecule has 0 atom stereocenters. The van der Waals surface area contributed by atoms with Crippen LogP contribution in [-0.2, 0) is 13.0 Å². The maximum Gasteiger partial charge on any atom is 0.0659 e. The van der Waals surface area contributed by atoms with Crippen LogP contribution in [0.2, 0.25) is 0 Å². The van der Waals surface area contributed by atoms with Crippen molar-refractivity contribution in [3.63, 3.8) is 0 Å². The zero-order chi connectivity index (χ0) is 12.8. The molecule has 0 amide bonds. The van der Waals surface area contributed by atoms with Gasteiger partial charge in [0.15, 0.2) is 0 Å². The first-order chi connectivity index (χ1) is 8.78. The van der Waals surface area contributed by atoms with Gasteiger partial charge in [0.25, 0.3) is 0 Å². The summed E-state index contributed by atoms with van der Waals surface area (Å²) in [6.45, 7) is 4.99. The van der Waals surface area contributed by atoms with Crippen molar-refractivity contribution in [1.29, 1.82) is 0 Å². The number of hydrogen-bond acceptors (Lipinski definition) is 2. The molecule has 0 bridgehead atoms. The molecule has 0 radical (unpaired) electrons. The number of benzene rings is 1. The minimum absolute atomic E-state index is 0.828. The Bertz CT molecular complexity index is 476. The van der Waals surface area contributed by atoms with Crippen molar-refractivity contribution in [2.75, 3.05) is 13.1 Å². The van der Waals surface area contributed by atoms with E-state index in [-0.39, 0.29) is 0 Å². The number of nitrogens with zero attached hydrogens (tertiary/aromatic N) is 2. The van der Waals surface area contributed by atoms with Crippen molar-refractivity contribution in [1.82, 2.24) is 15.1 Å². The molecule has 0 aliphatic carbocycles. The first kappa shape index (κ1) is 13.3. The van der Waals surface area contributed by atoms with Gasteiger partial charge in [0.1, 0.15) is 0 Å². The second kappa shape index (κ2) is 6.71. The summed E-state index contributed by atoms with van der Waals surface area (Å²) >= 11 is 3.44. The summed E-state index contributed by atoms with van der Waals surface area (Å²) in [6.07, 6.45) is 5.11. The molecule has 3 nitrogen and oxygen atoms in total. The smallest absolute Gasteiger partial charge is 0.0659 e. The van der Waals surface area contributed by atoms with Crippen molar-refractivity contribution in [2.45, 2.75) is 19.9 Å². The SMILES string of the molecule is CCNCCc1cnn(Cc2ccc(Br)cc2)c1. The van der Waals surface area contributed by atoms with Gasteiger partial charge < -0.3 is 5.32 Å². The van der Waals surface area contributed by atoms with E-state index < -0.39 is 0 Å². The van der Waals surface area contributed by atoms with Gasteiger partial charge in [-0.25, -0.2) is 0 Å². The Morgan fingerprint density at radius 2 is 2.00 bits per heavy atom. The van der Waals surface area contributed by atoms with E-state index in [9.17, 15) is 0 Å². The fourth-order valence-electron chi connectivity index (χ4n) is 1.81. The van der Waals surface area contributed by atoms with Crippen molar-refractivity contribution in [3.8, 4) is 0 Å². The lowest BCUT2D eigenvalue weighted by Gasteiger charge is -2.02. The van der Waals surface area contributed by atoms with Gasteiger partial charge in [0, 0.05) is 10.7 Å². The van der Waals surface area contributed by atoms with Crippen LogP contribution in [0.25, 0.3) is 0 Å². The third-order valence-electron chi connectivity index (χ3n) is 2.78. The van der Waals surface area contributed by atoms with Crippen molar-refractivity contribution >= 4 is 15.9 Å². The molecule has 1 aromatic heterocycles. The molecular weight excluding hydrogens is 290 g/mol. The van der Waals surface area contributed by atoms with Crippen LogP contribution in [0.5, 0.6) is 0 Å². The Morgan fingerprint density at radius 1 is 1.22 bits per heavy atom. The number of nitrogens with one attached hydrogen (secondary N) is 1. The van der Waals surface area contributed by atoms with Gasteiger partial charge in [-0.2, -0.15) is 5.10 Å².